The van der Waals surface area contributed by atoms with Gasteiger partial charge in [-0.1, -0.05) is 18.2 Å². The summed E-state index contributed by atoms with van der Waals surface area (Å²) < 4.78 is 27.6. The van der Waals surface area contributed by atoms with Crippen molar-refractivity contribution < 1.29 is 13.3 Å². The third kappa shape index (κ3) is 5.56. The number of anilines is 1. The van der Waals surface area contributed by atoms with Crippen LogP contribution in [0.4, 0.5) is 11.4 Å². The lowest BCUT2D eigenvalue weighted by Gasteiger charge is -2.34. The Morgan fingerprint density at radius 3 is 2.37 bits per heavy atom. The van der Waals surface area contributed by atoms with Crippen LogP contribution in [0.15, 0.2) is 47.4 Å². The summed E-state index contributed by atoms with van der Waals surface area (Å²) in [6.07, 6.45) is 1.39. The first kappa shape index (κ1) is 22.2. The van der Waals surface area contributed by atoms with E-state index >= 15 is 0 Å². The number of aryl methyl sites for hydroxylation is 2. The van der Waals surface area contributed by atoms with Gasteiger partial charge in [-0.25, -0.2) is 13.1 Å². The molecule has 1 heterocycles. The van der Waals surface area contributed by atoms with Crippen molar-refractivity contribution in [2.75, 3.05) is 44.7 Å². The van der Waals surface area contributed by atoms with Crippen molar-refractivity contribution in [1.82, 2.24) is 9.62 Å². The zero-order valence-corrected chi connectivity index (χ0v) is 18.2. The molecule has 0 amide bonds. The van der Waals surface area contributed by atoms with Gasteiger partial charge in [-0.05, 0) is 50.1 Å². The summed E-state index contributed by atoms with van der Waals surface area (Å²) >= 11 is 0. The van der Waals surface area contributed by atoms with Gasteiger partial charge in [-0.3, -0.25) is 10.1 Å². The second-order valence-corrected chi connectivity index (χ2v) is 9.40. The molecule has 30 heavy (non-hydrogen) atoms. The summed E-state index contributed by atoms with van der Waals surface area (Å²) in [5, 5.41) is 10.9. The highest BCUT2D eigenvalue weighted by Crippen LogP contribution is 2.22. The molecule has 9 heteroatoms. The maximum atomic E-state index is 12.5. The zero-order chi connectivity index (χ0) is 21.7. The highest BCUT2D eigenvalue weighted by atomic mass is 32.2. The largest absolute Gasteiger partial charge is 0.369 e. The minimum Gasteiger partial charge on any atom is -0.369 e. The van der Waals surface area contributed by atoms with Crippen LogP contribution in [0.25, 0.3) is 0 Å². The van der Waals surface area contributed by atoms with Crippen LogP contribution >= 0.6 is 0 Å². The maximum Gasteiger partial charge on any atom is 0.270 e. The Kier molecular flexibility index (Phi) is 7.06. The molecule has 2 aromatic carbocycles. The van der Waals surface area contributed by atoms with Crippen LogP contribution in [0, 0.1) is 17.0 Å². The quantitative estimate of drug-likeness (QED) is 0.391. The second kappa shape index (κ2) is 9.55. The van der Waals surface area contributed by atoms with Crippen molar-refractivity contribution in [2.45, 2.75) is 24.7 Å². The van der Waals surface area contributed by atoms with E-state index in [1.807, 2.05) is 0 Å². The van der Waals surface area contributed by atoms with E-state index in [1.54, 1.807) is 6.92 Å². The smallest absolute Gasteiger partial charge is 0.270 e. The van der Waals surface area contributed by atoms with E-state index in [0.29, 0.717) is 12.0 Å². The average Bonchev–Trinajstić information content (AvgIpc) is 2.72. The van der Waals surface area contributed by atoms with Crippen LogP contribution in [0.1, 0.15) is 17.5 Å². The normalized spacial score (nSPS) is 15.3. The molecular formula is C21H28N4O4S. The predicted octanol–water partition coefficient (Wildman–Crippen LogP) is 2.57. The molecule has 1 fully saturated rings. The number of hydrogen-bond donors (Lipinski definition) is 1. The minimum atomic E-state index is -3.79. The van der Waals surface area contributed by atoms with Crippen molar-refractivity contribution >= 4 is 21.4 Å². The van der Waals surface area contributed by atoms with E-state index in [-0.39, 0.29) is 17.1 Å². The molecule has 1 aliphatic rings. The Balaban J connectivity index is 1.52. The first-order valence-electron chi connectivity index (χ1n) is 10.0. The van der Waals surface area contributed by atoms with E-state index in [0.717, 1.165) is 44.2 Å². The summed E-state index contributed by atoms with van der Waals surface area (Å²) in [6.45, 7) is 6.06. The third-order valence-electron chi connectivity index (χ3n) is 5.41. The second-order valence-electron chi connectivity index (χ2n) is 7.67. The van der Waals surface area contributed by atoms with Crippen molar-refractivity contribution in [3.05, 3.63) is 63.7 Å². The molecule has 0 unspecified atom stereocenters. The number of non-ortho nitro benzene ring substituents is 1. The molecule has 0 atom stereocenters. The molecular weight excluding hydrogens is 404 g/mol. The third-order valence-corrected chi connectivity index (χ3v) is 7.01. The van der Waals surface area contributed by atoms with Gasteiger partial charge in [0.05, 0.1) is 9.82 Å². The van der Waals surface area contributed by atoms with E-state index in [2.05, 4.69) is 45.8 Å². The molecule has 0 aromatic heterocycles. The lowest BCUT2D eigenvalue weighted by Crippen LogP contribution is -2.44. The van der Waals surface area contributed by atoms with Gasteiger partial charge in [0, 0.05) is 50.5 Å². The summed E-state index contributed by atoms with van der Waals surface area (Å²) in [6, 6.07) is 12.3. The van der Waals surface area contributed by atoms with Gasteiger partial charge in [-0.15, -0.1) is 0 Å². The van der Waals surface area contributed by atoms with Crippen LogP contribution in [-0.2, 0) is 16.4 Å². The number of rotatable bonds is 8. The number of nitro groups is 1. The molecule has 3 rings (SSSR count). The Morgan fingerprint density at radius 1 is 1.07 bits per heavy atom. The molecule has 1 N–H and O–H groups in total. The lowest BCUT2D eigenvalue weighted by atomic mass is 10.1. The first-order valence-corrected chi connectivity index (χ1v) is 11.5. The summed E-state index contributed by atoms with van der Waals surface area (Å²) in [5.74, 6) is 0. The maximum absolute atomic E-state index is 12.5. The van der Waals surface area contributed by atoms with Crippen LogP contribution in [0.2, 0.25) is 0 Å². The number of likely N-dealkylation sites (N-methyl/N-ethyl adjacent to an activating group) is 1. The highest BCUT2D eigenvalue weighted by molar-refractivity contribution is 7.89. The van der Waals surface area contributed by atoms with E-state index in [1.165, 1.54) is 17.8 Å². The summed E-state index contributed by atoms with van der Waals surface area (Å²) in [5.41, 5.74) is 2.61. The fourth-order valence-electron chi connectivity index (χ4n) is 3.51. The van der Waals surface area contributed by atoms with E-state index in [4.69, 9.17) is 0 Å². The number of nitrogens with zero attached hydrogens (tertiary/aromatic N) is 3. The van der Waals surface area contributed by atoms with Crippen molar-refractivity contribution in [2.24, 2.45) is 0 Å². The molecule has 8 nitrogen and oxygen atoms in total. The van der Waals surface area contributed by atoms with Crippen molar-refractivity contribution in [3.8, 4) is 0 Å². The van der Waals surface area contributed by atoms with Crippen LogP contribution < -0.4 is 9.62 Å². The molecule has 0 aliphatic carbocycles. The van der Waals surface area contributed by atoms with Gasteiger partial charge in [0.1, 0.15) is 0 Å². The molecule has 0 bridgehead atoms. The van der Waals surface area contributed by atoms with Crippen LogP contribution in [-0.4, -0.2) is 58.0 Å². The molecule has 2 aromatic rings. The Bertz CT molecular complexity index is 985. The molecule has 162 valence electrons. The number of hydrogen-bond acceptors (Lipinski definition) is 6. The fraction of sp³-hybridized carbons (Fsp3) is 0.429. The van der Waals surface area contributed by atoms with E-state index in [9.17, 15) is 18.5 Å². The molecule has 1 saturated heterocycles. The minimum absolute atomic E-state index is 0.0479. The molecule has 0 spiro atoms. The topological polar surface area (TPSA) is 95.8 Å². The molecule has 1 aliphatic heterocycles. The molecule has 0 radical (unpaired) electrons. The SMILES string of the molecule is Cc1ccc([N+](=O)[O-])cc1S(=O)(=O)NCCCc1ccc(N2CCN(C)CC2)cc1. The Hall–Kier alpha value is -2.49. The van der Waals surface area contributed by atoms with Gasteiger partial charge in [0.15, 0.2) is 0 Å². The Morgan fingerprint density at radius 2 is 1.73 bits per heavy atom. The van der Waals surface area contributed by atoms with Gasteiger partial charge in [0.25, 0.3) is 5.69 Å². The summed E-state index contributed by atoms with van der Waals surface area (Å²) in [4.78, 5) is 15.0. The average molecular weight is 433 g/mol. The predicted molar refractivity (Wildman–Crippen MR) is 117 cm³/mol. The highest BCUT2D eigenvalue weighted by Gasteiger charge is 2.20. The first-order chi connectivity index (χ1) is 14.3. The van der Waals surface area contributed by atoms with Gasteiger partial charge >= 0.3 is 0 Å². The monoisotopic (exact) mass is 432 g/mol. The number of sulfonamides is 1. The van der Waals surface area contributed by atoms with Crippen LogP contribution in [0.5, 0.6) is 0 Å². The number of benzene rings is 2. The van der Waals surface area contributed by atoms with E-state index < -0.39 is 14.9 Å². The van der Waals surface area contributed by atoms with Crippen LogP contribution in [0.3, 0.4) is 0 Å². The van der Waals surface area contributed by atoms with Gasteiger partial charge < -0.3 is 9.80 Å². The summed E-state index contributed by atoms with van der Waals surface area (Å²) in [7, 11) is -1.66. The number of nitro benzene ring substituents is 1. The van der Waals surface area contributed by atoms with Gasteiger partial charge in [0.2, 0.25) is 10.0 Å². The fourth-order valence-corrected chi connectivity index (χ4v) is 4.84. The lowest BCUT2D eigenvalue weighted by molar-refractivity contribution is -0.385. The van der Waals surface area contributed by atoms with Crippen molar-refractivity contribution in [3.63, 3.8) is 0 Å². The van der Waals surface area contributed by atoms with Gasteiger partial charge in [-0.2, -0.15) is 0 Å². The number of nitrogens with one attached hydrogen (secondary N) is 1. The standard InChI is InChI=1S/C21H28N4O4S/c1-17-5-8-20(25(26)27)16-21(17)30(28,29)22-11-3-4-18-6-9-19(10-7-18)24-14-12-23(2)13-15-24/h5-10,16,22H,3-4,11-15H2,1-2H3. The molecule has 0 saturated carbocycles. The zero-order valence-electron chi connectivity index (χ0n) is 17.4. The Labute approximate surface area is 177 Å². The number of piperazine rings is 1. The van der Waals surface area contributed by atoms with Crippen molar-refractivity contribution in [1.29, 1.82) is 0 Å².